The number of aromatic nitrogens is 2. The molecule has 0 radical (unpaired) electrons. The molecule has 0 aliphatic carbocycles. The van der Waals surface area contributed by atoms with Gasteiger partial charge in [0.25, 0.3) is 0 Å². The Labute approximate surface area is 154 Å². The molecule has 0 saturated carbocycles. The molecule has 1 aliphatic heterocycles. The minimum atomic E-state index is 0.0558. The molecule has 1 aliphatic rings. The Kier molecular flexibility index (Phi) is 4.96. The molecule has 1 aromatic heterocycles. The second-order valence-corrected chi connectivity index (χ2v) is 7.24. The van der Waals surface area contributed by atoms with Crippen LogP contribution in [-0.2, 0) is 13.0 Å². The predicted octanol–water partition coefficient (Wildman–Crippen LogP) is 3.82. The van der Waals surface area contributed by atoms with Gasteiger partial charge in [-0.25, -0.2) is 0 Å². The number of hydrogen-bond acceptors (Lipinski definition) is 4. The Balaban J connectivity index is 1.54. The van der Waals surface area contributed by atoms with Gasteiger partial charge >= 0.3 is 0 Å². The number of rotatable bonds is 5. The van der Waals surface area contributed by atoms with E-state index in [1.54, 1.807) is 0 Å². The molecule has 1 fully saturated rings. The summed E-state index contributed by atoms with van der Waals surface area (Å²) in [6, 6.07) is 17.1. The summed E-state index contributed by atoms with van der Waals surface area (Å²) < 4.78 is 0. The predicted molar refractivity (Wildman–Crippen MR) is 105 cm³/mol. The number of likely N-dealkylation sites (tertiary alicyclic amines) is 1. The fraction of sp³-hybridized carbons (Fsp3) is 0.364. The molecular formula is C22H25N3O. The van der Waals surface area contributed by atoms with Gasteiger partial charge in [-0.2, -0.15) is 10.2 Å². The quantitative estimate of drug-likeness (QED) is 0.762. The molecule has 4 heteroatoms. The molecule has 26 heavy (non-hydrogen) atoms. The lowest BCUT2D eigenvalue weighted by Gasteiger charge is -2.20. The normalized spacial score (nSPS) is 17.8. The van der Waals surface area contributed by atoms with Crippen molar-refractivity contribution >= 4 is 10.9 Å². The van der Waals surface area contributed by atoms with Crippen molar-refractivity contribution in [2.75, 3.05) is 13.1 Å². The summed E-state index contributed by atoms with van der Waals surface area (Å²) in [5.41, 5.74) is 5.08. The second-order valence-electron chi connectivity index (χ2n) is 7.24. The monoisotopic (exact) mass is 347 g/mol. The lowest BCUT2D eigenvalue weighted by Crippen LogP contribution is -2.29. The molecule has 4 nitrogen and oxygen atoms in total. The Morgan fingerprint density at radius 2 is 1.96 bits per heavy atom. The van der Waals surface area contributed by atoms with E-state index in [-0.39, 0.29) is 6.61 Å². The van der Waals surface area contributed by atoms with Crippen molar-refractivity contribution in [1.82, 2.24) is 15.1 Å². The Morgan fingerprint density at radius 3 is 2.77 bits per heavy atom. The third-order valence-electron chi connectivity index (χ3n) is 5.43. The molecule has 3 aromatic rings. The first kappa shape index (κ1) is 17.1. The highest BCUT2D eigenvalue weighted by Crippen LogP contribution is 2.25. The molecule has 2 aromatic carbocycles. The van der Waals surface area contributed by atoms with Crippen molar-refractivity contribution in [2.24, 2.45) is 0 Å². The van der Waals surface area contributed by atoms with Gasteiger partial charge in [-0.3, -0.25) is 0 Å². The summed E-state index contributed by atoms with van der Waals surface area (Å²) in [5, 5.41) is 19.4. The van der Waals surface area contributed by atoms with Crippen LogP contribution in [0.2, 0.25) is 0 Å². The van der Waals surface area contributed by atoms with Gasteiger partial charge in [0.1, 0.15) is 0 Å². The van der Waals surface area contributed by atoms with Crippen LogP contribution in [0, 0.1) is 0 Å². The zero-order valence-electron chi connectivity index (χ0n) is 15.2. The van der Waals surface area contributed by atoms with E-state index >= 15 is 0 Å². The van der Waals surface area contributed by atoms with Crippen LogP contribution in [0.1, 0.15) is 31.0 Å². The second kappa shape index (κ2) is 7.52. The SMILES string of the molecule is C[C@@H]1CCCN1CCc1cc2ccc(-c3cccc(CO)c3)cc2nn1. The van der Waals surface area contributed by atoms with Crippen molar-refractivity contribution in [2.45, 2.75) is 38.8 Å². The van der Waals surface area contributed by atoms with Crippen molar-refractivity contribution < 1.29 is 5.11 Å². The molecule has 0 spiro atoms. The van der Waals surface area contributed by atoms with Crippen molar-refractivity contribution in [1.29, 1.82) is 0 Å². The maximum Gasteiger partial charge on any atom is 0.0936 e. The Morgan fingerprint density at radius 1 is 1.08 bits per heavy atom. The first-order valence-corrected chi connectivity index (χ1v) is 9.43. The molecule has 1 atom stereocenters. The van der Waals surface area contributed by atoms with E-state index < -0.39 is 0 Å². The molecule has 0 amide bonds. The fourth-order valence-electron chi connectivity index (χ4n) is 3.81. The van der Waals surface area contributed by atoms with Gasteiger partial charge in [-0.15, -0.1) is 0 Å². The standard InChI is InChI=1S/C22H25N3O/c1-16-4-3-10-25(16)11-9-21-13-20-8-7-19(14-22(20)24-23-21)18-6-2-5-17(12-18)15-26/h2,5-8,12-14,16,26H,3-4,9-11,15H2,1H3/t16-/m1/s1. The van der Waals surface area contributed by atoms with Crippen LogP contribution in [0.4, 0.5) is 0 Å². The minimum absolute atomic E-state index is 0.0558. The summed E-state index contributed by atoms with van der Waals surface area (Å²) in [6.45, 7) is 4.64. The topological polar surface area (TPSA) is 49.2 Å². The van der Waals surface area contributed by atoms with Crippen LogP contribution in [0.5, 0.6) is 0 Å². The summed E-state index contributed by atoms with van der Waals surface area (Å²) in [5.74, 6) is 0. The van der Waals surface area contributed by atoms with E-state index in [1.807, 2.05) is 18.2 Å². The highest BCUT2D eigenvalue weighted by atomic mass is 16.3. The van der Waals surface area contributed by atoms with E-state index in [9.17, 15) is 5.11 Å². The number of aliphatic hydroxyl groups is 1. The van der Waals surface area contributed by atoms with E-state index in [0.29, 0.717) is 6.04 Å². The van der Waals surface area contributed by atoms with Crippen LogP contribution in [0.3, 0.4) is 0 Å². The third-order valence-corrected chi connectivity index (χ3v) is 5.43. The zero-order chi connectivity index (χ0) is 17.9. The number of aliphatic hydroxyl groups excluding tert-OH is 1. The average molecular weight is 347 g/mol. The molecule has 2 heterocycles. The molecule has 1 saturated heterocycles. The van der Waals surface area contributed by atoms with Crippen LogP contribution in [0.15, 0.2) is 48.5 Å². The fourth-order valence-corrected chi connectivity index (χ4v) is 3.81. The van der Waals surface area contributed by atoms with Gasteiger partial charge in [-0.1, -0.05) is 30.3 Å². The maximum atomic E-state index is 9.33. The van der Waals surface area contributed by atoms with E-state index in [4.69, 9.17) is 0 Å². The van der Waals surface area contributed by atoms with Crippen molar-refractivity contribution in [3.05, 3.63) is 59.8 Å². The summed E-state index contributed by atoms with van der Waals surface area (Å²) in [4.78, 5) is 2.54. The Hall–Kier alpha value is -2.30. The Bertz CT molecular complexity index is 909. The molecule has 134 valence electrons. The summed E-state index contributed by atoms with van der Waals surface area (Å²) in [6.07, 6.45) is 3.57. The van der Waals surface area contributed by atoms with Gasteiger partial charge in [0.05, 0.1) is 17.8 Å². The zero-order valence-corrected chi connectivity index (χ0v) is 15.2. The maximum absolute atomic E-state index is 9.33. The van der Waals surface area contributed by atoms with E-state index in [0.717, 1.165) is 46.3 Å². The van der Waals surface area contributed by atoms with Crippen LogP contribution < -0.4 is 0 Å². The molecular weight excluding hydrogens is 322 g/mol. The number of benzene rings is 2. The third kappa shape index (κ3) is 3.62. The summed E-state index contributed by atoms with van der Waals surface area (Å²) >= 11 is 0. The van der Waals surface area contributed by atoms with Gasteiger partial charge in [0.2, 0.25) is 0 Å². The first-order valence-electron chi connectivity index (χ1n) is 9.43. The molecule has 4 rings (SSSR count). The largest absolute Gasteiger partial charge is 0.392 e. The lowest BCUT2D eigenvalue weighted by molar-refractivity contribution is 0.271. The molecule has 1 N–H and O–H groups in total. The van der Waals surface area contributed by atoms with Crippen molar-refractivity contribution in [3.8, 4) is 11.1 Å². The number of hydrogen-bond donors (Lipinski definition) is 1. The highest BCUT2D eigenvalue weighted by molar-refractivity contribution is 5.84. The molecule has 0 unspecified atom stereocenters. The lowest BCUT2D eigenvalue weighted by atomic mass is 10.0. The number of nitrogens with zero attached hydrogens (tertiary/aromatic N) is 3. The average Bonchev–Trinajstić information content (AvgIpc) is 3.10. The van der Waals surface area contributed by atoms with Gasteiger partial charge in [0.15, 0.2) is 0 Å². The smallest absolute Gasteiger partial charge is 0.0936 e. The molecule has 0 bridgehead atoms. The van der Waals surface area contributed by atoms with E-state index in [1.165, 1.54) is 19.4 Å². The van der Waals surface area contributed by atoms with Crippen LogP contribution in [0.25, 0.3) is 22.0 Å². The van der Waals surface area contributed by atoms with Gasteiger partial charge in [-0.05, 0) is 61.2 Å². The highest BCUT2D eigenvalue weighted by Gasteiger charge is 2.19. The van der Waals surface area contributed by atoms with E-state index in [2.05, 4.69) is 52.4 Å². The summed E-state index contributed by atoms with van der Waals surface area (Å²) in [7, 11) is 0. The van der Waals surface area contributed by atoms with Crippen LogP contribution >= 0.6 is 0 Å². The number of fused-ring (bicyclic) bond motifs is 1. The minimum Gasteiger partial charge on any atom is -0.392 e. The van der Waals surface area contributed by atoms with Crippen LogP contribution in [-0.4, -0.2) is 39.3 Å². The van der Waals surface area contributed by atoms with Gasteiger partial charge in [0, 0.05) is 24.4 Å². The first-order chi connectivity index (χ1) is 12.7. The van der Waals surface area contributed by atoms with Crippen molar-refractivity contribution in [3.63, 3.8) is 0 Å². The van der Waals surface area contributed by atoms with Gasteiger partial charge < -0.3 is 10.0 Å².